The highest BCUT2D eigenvalue weighted by Gasteiger charge is 2.31. The van der Waals surface area contributed by atoms with E-state index < -0.39 is 22.1 Å². The van der Waals surface area contributed by atoms with Gasteiger partial charge in [-0.3, -0.25) is 9.69 Å². The Morgan fingerprint density at radius 2 is 1.76 bits per heavy atom. The fourth-order valence-electron chi connectivity index (χ4n) is 4.38. The Hall–Kier alpha value is -2.88. The van der Waals surface area contributed by atoms with Crippen LogP contribution in [0.1, 0.15) is 57.9 Å². The highest BCUT2D eigenvalue weighted by atomic mass is 32.2. The zero-order valence-electron chi connectivity index (χ0n) is 20.1. The van der Waals surface area contributed by atoms with Gasteiger partial charge in [0.2, 0.25) is 0 Å². The maximum absolute atomic E-state index is 12.9. The summed E-state index contributed by atoms with van der Waals surface area (Å²) in [6.45, 7) is 4.36. The SMILES string of the molecule is CCC1=C(C)CN(C(=O)NCCc2ccc(S(=O)(=O)N(C)C(=O)NC3CCCCC3)cc2)C1=O. The predicted octanol–water partition coefficient (Wildman–Crippen LogP) is 3.17. The third kappa shape index (κ3) is 5.78. The highest BCUT2D eigenvalue weighted by molar-refractivity contribution is 7.89. The molecule has 0 unspecified atom stereocenters. The van der Waals surface area contributed by atoms with Crippen LogP contribution in [0.3, 0.4) is 0 Å². The van der Waals surface area contributed by atoms with E-state index in [-0.39, 0.29) is 16.8 Å². The minimum Gasteiger partial charge on any atom is -0.337 e. The third-order valence-corrected chi connectivity index (χ3v) is 8.26. The van der Waals surface area contributed by atoms with Gasteiger partial charge in [0.05, 0.1) is 11.4 Å². The minimum absolute atomic E-state index is 0.0144. The van der Waals surface area contributed by atoms with Crippen molar-refractivity contribution in [3.8, 4) is 0 Å². The average Bonchev–Trinajstić information content (AvgIpc) is 3.12. The van der Waals surface area contributed by atoms with Gasteiger partial charge < -0.3 is 10.6 Å². The number of imide groups is 1. The Kier molecular flexibility index (Phi) is 8.35. The molecule has 2 aliphatic rings. The number of hydrogen-bond donors (Lipinski definition) is 2. The number of carbonyl (C=O) groups excluding carboxylic acids is 3. The number of sulfonamides is 1. The fourth-order valence-corrected chi connectivity index (χ4v) is 5.45. The molecule has 3 rings (SSSR count). The van der Waals surface area contributed by atoms with Crippen molar-refractivity contribution in [3.05, 3.63) is 41.0 Å². The van der Waals surface area contributed by atoms with Crippen molar-refractivity contribution in [3.63, 3.8) is 0 Å². The van der Waals surface area contributed by atoms with Crippen molar-refractivity contribution in [2.75, 3.05) is 20.1 Å². The molecule has 0 aromatic heterocycles. The van der Waals surface area contributed by atoms with Gasteiger partial charge in [-0.15, -0.1) is 0 Å². The second kappa shape index (κ2) is 11.0. The van der Waals surface area contributed by atoms with Crippen LogP contribution in [-0.2, 0) is 21.2 Å². The molecule has 1 heterocycles. The molecular formula is C24H34N4O5S. The van der Waals surface area contributed by atoms with E-state index >= 15 is 0 Å². The van der Waals surface area contributed by atoms with Gasteiger partial charge in [0.1, 0.15) is 0 Å². The van der Waals surface area contributed by atoms with Gasteiger partial charge in [-0.2, -0.15) is 0 Å². The Bertz CT molecular complexity index is 1060. The first-order chi connectivity index (χ1) is 16.1. The van der Waals surface area contributed by atoms with Crippen molar-refractivity contribution >= 4 is 28.0 Å². The molecule has 10 heteroatoms. The number of urea groups is 2. The Balaban J connectivity index is 1.51. The van der Waals surface area contributed by atoms with Crippen LogP contribution < -0.4 is 10.6 Å². The number of carbonyl (C=O) groups is 3. The standard InChI is InChI=1S/C24H34N4O5S/c1-4-21-17(2)16-28(22(21)29)23(30)25-15-14-18-10-12-20(13-11-18)34(32,33)27(3)24(31)26-19-8-6-5-7-9-19/h10-13,19H,4-9,14-16H2,1-3H3,(H,25,30)(H,26,31). The van der Waals surface area contributed by atoms with E-state index in [1.807, 2.05) is 13.8 Å². The first-order valence-electron chi connectivity index (χ1n) is 11.8. The molecule has 34 heavy (non-hydrogen) atoms. The Morgan fingerprint density at radius 3 is 2.35 bits per heavy atom. The first kappa shape index (κ1) is 25.7. The zero-order valence-corrected chi connectivity index (χ0v) is 20.9. The van der Waals surface area contributed by atoms with Gasteiger partial charge in [0, 0.05) is 25.2 Å². The van der Waals surface area contributed by atoms with Gasteiger partial charge in [0.25, 0.3) is 15.9 Å². The largest absolute Gasteiger partial charge is 0.337 e. The van der Waals surface area contributed by atoms with E-state index in [1.165, 1.54) is 24.1 Å². The summed E-state index contributed by atoms with van der Waals surface area (Å²) < 4.78 is 26.5. The molecule has 0 atom stereocenters. The molecule has 1 saturated carbocycles. The molecule has 1 aliphatic heterocycles. The summed E-state index contributed by atoms with van der Waals surface area (Å²) in [6.07, 6.45) is 6.02. The molecule has 1 aromatic rings. The number of nitrogens with zero attached hydrogens (tertiary/aromatic N) is 2. The monoisotopic (exact) mass is 490 g/mol. The van der Waals surface area contributed by atoms with Crippen LogP contribution in [0.4, 0.5) is 9.59 Å². The molecule has 9 nitrogen and oxygen atoms in total. The van der Waals surface area contributed by atoms with Crippen LogP contribution in [-0.4, -0.2) is 61.8 Å². The van der Waals surface area contributed by atoms with Gasteiger partial charge in [-0.05, 0) is 55.9 Å². The predicted molar refractivity (Wildman–Crippen MR) is 129 cm³/mol. The van der Waals surface area contributed by atoms with Gasteiger partial charge in [-0.1, -0.05) is 38.3 Å². The summed E-state index contributed by atoms with van der Waals surface area (Å²) in [7, 11) is -2.71. The molecule has 186 valence electrons. The maximum atomic E-state index is 12.9. The average molecular weight is 491 g/mol. The number of rotatable bonds is 7. The molecule has 0 radical (unpaired) electrons. The van der Waals surface area contributed by atoms with Crippen LogP contribution in [0.15, 0.2) is 40.3 Å². The van der Waals surface area contributed by atoms with Crippen LogP contribution in [0.2, 0.25) is 0 Å². The first-order valence-corrected chi connectivity index (χ1v) is 13.3. The van der Waals surface area contributed by atoms with Crippen LogP contribution in [0.25, 0.3) is 0 Å². The minimum atomic E-state index is -3.97. The van der Waals surface area contributed by atoms with Crippen LogP contribution >= 0.6 is 0 Å². The molecule has 0 bridgehead atoms. The second-order valence-corrected chi connectivity index (χ2v) is 10.9. The summed E-state index contributed by atoms with van der Waals surface area (Å²) in [5.41, 5.74) is 2.42. The molecule has 0 spiro atoms. The van der Waals surface area contributed by atoms with E-state index in [0.717, 1.165) is 47.5 Å². The molecule has 2 N–H and O–H groups in total. The Labute approximate surface area is 201 Å². The smallest absolute Gasteiger partial charge is 0.331 e. The lowest BCUT2D eigenvalue weighted by Gasteiger charge is -2.26. The van der Waals surface area contributed by atoms with E-state index in [1.54, 1.807) is 12.1 Å². The van der Waals surface area contributed by atoms with E-state index in [2.05, 4.69) is 10.6 Å². The molecular weight excluding hydrogens is 456 g/mol. The summed E-state index contributed by atoms with van der Waals surface area (Å²) in [4.78, 5) is 38.3. The lowest BCUT2D eigenvalue weighted by molar-refractivity contribution is -0.123. The summed E-state index contributed by atoms with van der Waals surface area (Å²) >= 11 is 0. The summed E-state index contributed by atoms with van der Waals surface area (Å²) in [5.74, 6) is -0.247. The topological polar surface area (TPSA) is 116 Å². The van der Waals surface area contributed by atoms with E-state index in [0.29, 0.717) is 31.5 Å². The quantitative estimate of drug-likeness (QED) is 0.609. The van der Waals surface area contributed by atoms with E-state index in [9.17, 15) is 22.8 Å². The van der Waals surface area contributed by atoms with Crippen LogP contribution in [0.5, 0.6) is 0 Å². The fraction of sp³-hybridized carbons (Fsp3) is 0.542. The summed E-state index contributed by atoms with van der Waals surface area (Å²) in [5, 5.41) is 5.56. The summed E-state index contributed by atoms with van der Waals surface area (Å²) in [6, 6.07) is 5.20. The lowest BCUT2D eigenvalue weighted by Crippen LogP contribution is -2.46. The van der Waals surface area contributed by atoms with E-state index in [4.69, 9.17) is 0 Å². The molecule has 1 aliphatic carbocycles. The number of nitrogens with one attached hydrogen (secondary N) is 2. The van der Waals surface area contributed by atoms with Gasteiger partial charge in [0.15, 0.2) is 0 Å². The number of amides is 5. The number of benzene rings is 1. The van der Waals surface area contributed by atoms with Crippen molar-refractivity contribution in [1.29, 1.82) is 0 Å². The van der Waals surface area contributed by atoms with Crippen LogP contribution in [0, 0.1) is 0 Å². The molecule has 1 aromatic carbocycles. The zero-order chi connectivity index (χ0) is 24.9. The van der Waals surface area contributed by atoms with Crippen molar-refractivity contribution in [1.82, 2.24) is 19.8 Å². The number of hydrogen-bond acceptors (Lipinski definition) is 5. The highest BCUT2D eigenvalue weighted by Crippen LogP contribution is 2.22. The molecule has 5 amide bonds. The molecule has 1 fully saturated rings. The normalized spacial score (nSPS) is 17.1. The Morgan fingerprint density at radius 1 is 1.12 bits per heavy atom. The lowest BCUT2D eigenvalue weighted by atomic mass is 9.96. The van der Waals surface area contributed by atoms with Crippen molar-refractivity contribution < 1.29 is 22.8 Å². The molecule has 0 saturated heterocycles. The van der Waals surface area contributed by atoms with Gasteiger partial charge >= 0.3 is 12.1 Å². The van der Waals surface area contributed by atoms with Crippen molar-refractivity contribution in [2.24, 2.45) is 0 Å². The van der Waals surface area contributed by atoms with Gasteiger partial charge in [-0.25, -0.2) is 22.3 Å². The second-order valence-electron chi connectivity index (χ2n) is 8.89. The maximum Gasteiger partial charge on any atom is 0.331 e. The third-order valence-electron chi connectivity index (χ3n) is 6.50. The van der Waals surface area contributed by atoms with Crippen molar-refractivity contribution in [2.45, 2.75) is 69.7 Å².